The summed E-state index contributed by atoms with van der Waals surface area (Å²) in [4.78, 5) is 24.9. The van der Waals surface area contributed by atoms with E-state index in [0.29, 0.717) is 13.0 Å². The molecule has 3 rings (SSSR count). The molecular formula is C22H20N2O3. The average molecular weight is 360 g/mol. The number of amides is 2. The Kier molecular flexibility index (Phi) is 6.20. The van der Waals surface area contributed by atoms with Gasteiger partial charge in [-0.3, -0.25) is 9.59 Å². The summed E-state index contributed by atoms with van der Waals surface area (Å²) in [5.74, 6) is -0.680. The first-order chi connectivity index (χ1) is 13.2. The zero-order chi connectivity index (χ0) is 18.9. The van der Waals surface area contributed by atoms with Gasteiger partial charge in [-0.15, -0.1) is 0 Å². The predicted molar refractivity (Wildman–Crippen MR) is 104 cm³/mol. The molecule has 2 N–H and O–H groups in total. The van der Waals surface area contributed by atoms with Crippen molar-refractivity contribution in [3.8, 4) is 0 Å². The highest BCUT2D eigenvalue weighted by atomic mass is 16.3. The summed E-state index contributed by atoms with van der Waals surface area (Å²) >= 11 is 0. The van der Waals surface area contributed by atoms with Crippen LogP contribution in [0, 0.1) is 0 Å². The van der Waals surface area contributed by atoms with Crippen molar-refractivity contribution < 1.29 is 14.0 Å². The summed E-state index contributed by atoms with van der Waals surface area (Å²) < 4.78 is 5.09. The van der Waals surface area contributed by atoms with Gasteiger partial charge in [0.2, 0.25) is 0 Å². The molecule has 0 aliphatic carbocycles. The zero-order valence-corrected chi connectivity index (χ0v) is 14.7. The monoisotopic (exact) mass is 360 g/mol. The van der Waals surface area contributed by atoms with Crippen molar-refractivity contribution >= 4 is 17.9 Å². The van der Waals surface area contributed by atoms with Crippen LogP contribution in [0.3, 0.4) is 0 Å². The quantitative estimate of drug-likeness (QED) is 0.634. The third-order valence-corrected chi connectivity index (χ3v) is 3.89. The van der Waals surface area contributed by atoms with E-state index in [2.05, 4.69) is 10.6 Å². The Morgan fingerprint density at radius 3 is 2.26 bits per heavy atom. The lowest BCUT2D eigenvalue weighted by molar-refractivity contribution is -0.117. The molecule has 0 fully saturated rings. The molecule has 5 nitrogen and oxygen atoms in total. The molecule has 5 heteroatoms. The molecule has 27 heavy (non-hydrogen) atoms. The lowest BCUT2D eigenvalue weighted by Crippen LogP contribution is -2.35. The molecule has 0 atom stereocenters. The smallest absolute Gasteiger partial charge is 0.291 e. The van der Waals surface area contributed by atoms with Crippen LogP contribution < -0.4 is 10.6 Å². The third-order valence-electron chi connectivity index (χ3n) is 3.89. The van der Waals surface area contributed by atoms with Gasteiger partial charge >= 0.3 is 0 Å². The molecule has 136 valence electrons. The van der Waals surface area contributed by atoms with Crippen LogP contribution in [-0.4, -0.2) is 18.4 Å². The van der Waals surface area contributed by atoms with Gasteiger partial charge in [-0.25, -0.2) is 0 Å². The Hall–Kier alpha value is -3.60. The molecule has 0 aliphatic rings. The van der Waals surface area contributed by atoms with Crippen molar-refractivity contribution in [1.82, 2.24) is 10.6 Å². The summed E-state index contributed by atoms with van der Waals surface area (Å²) in [5, 5.41) is 5.48. The second-order valence-corrected chi connectivity index (χ2v) is 5.89. The fourth-order valence-corrected chi connectivity index (χ4v) is 2.53. The highest BCUT2D eigenvalue weighted by Gasteiger charge is 2.16. The molecule has 0 spiro atoms. The maximum absolute atomic E-state index is 12.6. The van der Waals surface area contributed by atoms with Gasteiger partial charge in [0.15, 0.2) is 5.76 Å². The van der Waals surface area contributed by atoms with Crippen LogP contribution in [0.4, 0.5) is 0 Å². The van der Waals surface area contributed by atoms with Gasteiger partial charge in [0, 0.05) is 6.54 Å². The fourth-order valence-electron chi connectivity index (χ4n) is 2.53. The summed E-state index contributed by atoms with van der Waals surface area (Å²) in [7, 11) is 0. The first kappa shape index (κ1) is 18.2. The van der Waals surface area contributed by atoms with Crippen LogP contribution in [0.15, 0.2) is 89.2 Å². The number of furan rings is 1. The first-order valence-corrected chi connectivity index (χ1v) is 8.66. The highest BCUT2D eigenvalue weighted by molar-refractivity contribution is 6.04. The molecule has 0 unspecified atom stereocenters. The SMILES string of the molecule is O=C(NCCc1ccccc1)C(=Cc1ccccc1)NC(=O)c1ccco1. The largest absolute Gasteiger partial charge is 0.459 e. The minimum absolute atomic E-state index is 0.144. The normalized spacial score (nSPS) is 11.0. The summed E-state index contributed by atoms with van der Waals surface area (Å²) in [6, 6.07) is 22.4. The summed E-state index contributed by atoms with van der Waals surface area (Å²) in [6.07, 6.45) is 3.76. The van der Waals surface area contributed by atoms with Gasteiger partial charge in [0.1, 0.15) is 5.70 Å². The van der Waals surface area contributed by atoms with Crippen molar-refractivity contribution in [1.29, 1.82) is 0 Å². The Labute approximate surface area is 157 Å². The van der Waals surface area contributed by atoms with Crippen molar-refractivity contribution in [2.75, 3.05) is 6.54 Å². The maximum Gasteiger partial charge on any atom is 0.291 e. The number of hydrogen-bond acceptors (Lipinski definition) is 3. The molecule has 0 bridgehead atoms. The number of benzene rings is 2. The molecule has 0 radical (unpaired) electrons. The Morgan fingerprint density at radius 1 is 0.889 bits per heavy atom. The van der Waals surface area contributed by atoms with Crippen LogP contribution in [0.1, 0.15) is 21.7 Å². The van der Waals surface area contributed by atoms with Crippen LogP contribution in [0.5, 0.6) is 0 Å². The van der Waals surface area contributed by atoms with Crippen LogP contribution >= 0.6 is 0 Å². The van der Waals surface area contributed by atoms with Gasteiger partial charge in [-0.2, -0.15) is 0 Å². The molecule has 2 amide bonds. The molecule has 1 aromatic heterocycles. The van der Waals surface area contributed by atoms with Gasteiger partial charge in [-0.1, -0.05) is 60.7 Å². The number of rotatable bonds is 7. The minimum atomic E-state index is -0.472. The van der Waals surface area contributed by atoms with Crippen LogP contribution in [-0.2, 0) is 11.2 Å². The van der Waals surface area contributed by atoms with E-state index in [0.717, 1.165) is 11.1 Å². The first-order valence-electron chi connectivity index (χ1n) is 8.66. The topological polar surface area (TPSA) is 71.3 Å². The van der Waals surface area contributed by atoms with Gasteiger partial charge in [0.25, 0.3) is 11.8 Å². The highest BCUT2D eigenvalue weighted by Crippen LogP contribution is 2.07. The molecule has 3 aromatic rings. The van der Waals surface area contributed by atoms with E-state index in [1.807, 2.05) is 60.7 Å². The van der Waals surface area contributed by atoms with Crippen molar-refractivity contribution in [2.45, 2.75) is 6.42 Å². The number of nitrogens with one attached hydrogen (secondary N) is 2. The Bertz CT molecular complexity index is 901. The van der Waals surface area contributed by atoms with E-state index in [4.69, 9.17) is 4.42 Å². The van der Waals surface area contributed by atoms with Gasteiger partial charge in [-0.05, 0) is 35.8 Å². The second kappa shape index (κ2) is 9.20. The van der Waals surface area contributed by atoms with E-state index in [9.17, 15) is 9.59 Å². The molecule has 2 aromatic carbocycles. The third kappa shape index (κ3) is 5.44. The predicted octanol–water partition coefficient (Wildman–Crippen LogP) is 3.41. The summed E-state index contributed by atoms with van der Waals surface area (Å²) in [6.45, 7) is 0.464. The van der Waals surface area contributed by atoms with Crippen molar-refractivity contribution in [2.24, 2.45) is 0 Å². The number of carbonyl (C=O) groups is 2. The summed E-state index contributed by atoms with van der Waals surface area (Å²) in [5.41, 5.74) is 2.10. The minimum Gasteiger partial charge on any atom is -0.459 e. The van der Waals surface area contributed by atoms with Crippen LogP contribution in [0.25, 0.3) is 6.08 Å². The van der Waals surface area contributed by atoms with E-state index < -0.39 is 5.91 Å². The molecular weight excluding hydrogens is 340 g/mol. The Morgan fingerprint density at radius 2 is 1.59 bits per heavy atom. The van der Waals surface area contributed by atoms with Crippen molar-refractivity contribution in [3.05, 3.63) is 102 Å². The van der Waals surface area contributed by atoms with Crippen LogP contribution in [0.2, 0.25) is 0 Å². The zero-order valence-electron chi connectivity index (χ0n) is 14.7. The Balaban J connectivity index is 1.69. The standard InChI is InChI=1S/C22H20N2O3/c25-21(23-14-13-17-8-3-1-4-9-17)19(16-18-10-5-2-6-11-18)24-22(26)20-12-7-15-27-20/h1-12,15-16H,13-14H2,(H,23,25)(H,24,26). The molecule has 0 saturated heterocycles. The average Bonchev–Trinajstić information content (AvgIpc) is 3.24. The second-order valence-electron chi connectivity index (χ2n) is 5.89. The van der Waals surface area contributed by atoms with Gasteiger partial charge in [0.05, 0.1) is 6.26 Å². The number of hydrogen-bond donors (Lipinski definition) is 2. The molecule has 1 heterocycles. The van der Waals surface area contributed by atoms with E-state index in [-0.39, 0.29) is 17.4 Å². The maximum atomic E-state index is 12.6. The molecule has 0 aliphatic heterocycles. The van der Waals surface area contributed by atoms with E-state index in [1.54, 1.807) is 18.2 Å². The van der Waals surface area contributed by atoms with E-state index >= 15 is 0 Å². The molecule has 0 saturated carbocycles. The number of carbonyl (C=O) groups excluding carboxylic acids is 2. The van der Waals surface area contributed by atoms with E-state index in [1.165, 1.54) is 6.26 Å². The fraction of sp³-hybridized carbons (Fsp3) is 0.0909. The lowest BCUT2D eigenvalue weighted by Gasteiger charge is -2.10. The van der Waals surface area contributed by atoms with Gasteiger partial charge < -0.3 is 15.1 Å². The lowest BCUT2D eigenvalue weighted by atomic mass is 10.1. The van der Waals surface area contributed by atoms with Crippen molar-refractivity contribution in [3.63, 3.8) is 0 Å².